The fourth-order valence-corrected chi connectivity index (χ4v) is 2.87. The van der Waals surface area contributed by atoms with Crippen LogP contribution in [0.3, 0.4) is 0 Å². The van der Waals surface area contributed by atoms with E-state index in [1.54, 1.807) is 0 Å². The average Bonchev–Trinajstić information content (AvgIpc) is 2.92. The number of rotatable bonds is 7. The molecule has 1 aromatic carbocycles. The van der Waals surface area contributed by atoms with Gasteiger partial charge in [0.05, 0.1) is 12.2 Å². The van der Waals surface area contributed by atoms with E-state index in [2.05, 4.69) is 6.92 Å². The number of nitrogens with zero attached hydrogens (tertiary/aromatic N) is 1. The predicted octanol–water partition coefficient (Wildman–Crippen LogP) is 2.33. The topological polar surface area (TPSA) is 64.8 Å². The van der Waals surface area contributed by atoms with Crippen molar-refractivity contribution in [2.24, 2.45) is 11.7 Å². The van der Waals surface area contributed by atoms with Crippen LogP contribution in [0.1, 0.15) is 30.6 Å². The van der Waals surface area contributed by atoms with Crippen LogP contribution in [0.4, 0.5) is 0 Å². The first-order chi connectivity index (χ1) is 10.7. The largest absolute Gasteiger partial charge is 0.490 e. The minimum Gasteiger partial charge on any atom is -0.490 e. The van der Waals surface area contributed by atoms with E-state index >= 15 is 0 Å². The van der Waals surface area contributed by atoms with Crippen molar-refractivity contribution in [1.82, 2.24) is 4.90 Å². The van der Waals surface area contributed by atoms with E-state index in [9.17, 15) is 4.79 Å². The van der Waals surface area contributed by atoms with Crippen molar-refractivity contribution in [1.29, 1.82) is 0 Å². The SMILES string of the molecule is CCOCCOc1ccccc1C(=O)N1CC(CN)CC1C.Cl. The predicted molar refractivity (Wildman–Crippen MR) is 93.3 cm³/mol. The Bertz CT molecular complexity index is 498. The molecule has 2 unspecified atom stereocenters. The normalized spacial score (nSPS) is 20.2. The maximum atomic E-state index is 12.8. The molecule has 2 atom stereocenters. The molecule has 1 aliphatic rings. The molecule has 1 aromatic rings. The van der Waals surface area contributed by atoms with Crippen molar-refractivity contribution in [3.8, 4) is 5.75 Å². The Balaban J connectivity index is 0.00000264. The molecule has 2 rings (SSSR count). The van der Waals surface area contributed by atoms with E-state index in [0.29, 0.717) is 43.6 Å². The highest BCUT2D eigenvalue weighted by atomic mass is 35.5. The first kappa shape index (κ1) is 19.7. The smallest absolute Gasteiger partial charge is 0.257 e. The first-order valence-electron chi connectivity index (χ1n) is 7.98. The number of hydrogen-bond acceptors (Lipinski definition) is 4. The molecule has 1 fully saturated rings. The Hall–Kier alpha value is -1.30. The van der Waals surface area contributed by atoms with Crippen molar-refractivity contribution >= 4 is 18.3 Å². The third kappa shape index (κ3) is 5.09. The van der Waals surface area contributed by atoms with Crippen molar-refractivity contribution in [3.05, 3.63) is 29.8 Å². The molecule has 5 nitrogen and oxygen atoms in total. The zero-order valence-electron chi connectivity index (χ0n) is 13.9. The number of ether oxygens (including phenoxy) is 2. The third-order valence-corrected chi connectivity index (χ3v) is 4.06. The Morgan fingerprint density at radius 1 is 1.35 bits per heavy atom. The van der Waals surface area contributed by atoms with Gasteiger partial charge < -0.3 is 20.1 Å². The summed E-state index contributed by atoms with van der Waals surface area (Å²) in [5, 5.41) is 0. The molecule has 130 valence electrons. The molecule has 1 saturated heterocycles. The molecular formula is C17H27ClN2O3. The quantitative estimate of drug-likeness (QED) is 0.772. The Morgan fingerprint density at radius 3 is 2.74 bits per heavy atom. The molecule has 23 heavy (non-hydrogen) atoms. The average molecular weight is 343 g/mol. The summed E-state index contributed by atoms with van der Waals surface area (Å²) in [6.45, 7) is 7.00. The Kier molecular flexibility index (Phi) is 8.37. The number of nitrogens with two attached hydrogens (primary N) is 1. The van der Waals surface area contributed by atoms with Crippen molar-refractivity contribution < 1.29 is 14.3 Å². The van der Waals surface area contributed by atoms with E-state index in [1.165, 1.54) is 0 Å². The molecular weight excluding hydrogens is 316 g/mol. The molecule has 0 spiro atoms. The summed E-state index contributed by atoms with van der Waals surface area (Å²) in [7, 11) is 0. The van der Waals surface area contributed by atoms with Crippen molar-refractivity contribution in [2.75, 3.05) is 32.9 Å². The van der Waals surface area contributed by atoms with Gasteiger partial charge in [-0.25, -0.2) is 0 Å². The van der Waals surface area contributed by atoms with Gasteiger partial charge in [0.15, 0.2) is 0 Å². The van der Waals surface area contributed by atoms with Gasteiger partial charge in [0.25, 0.3) is 5.91 Å². The zero-order valence-corrected chi connectivity index (χ0v) is 14.7. The standard InChI is InChI=1S/C17H26N2O3.ClH/c1-3-21-8-9-22-16-7-5-4-6-15(16)17(20)19-12-14(11-18)10-13(19)2;/h4-7,13-14H,3,8-12,18H2,1-2H3;1H. The molecule has 1 heterocycles. The number of likely N-dealkylation sites (tertiary alicyclic amines) is 1. The van der Waals surface area contributed by atoms with Gasteiger partial charge in [-0.15, -0.1) is 12.4 Å². The van der Waals surface area contributed by atoms with Crippen LogP contribution in [0.15, 0.2) is 24.3 Å². The summed E-state index contributed by atoms with van der Waals surface area (Å²) in [4.78, 5) is 14.7. The highest BCUT2D eigenvalue weighted by Crippen LogP contribution is 2.27. The molecule has 1 amide bonds. The summed E-state index contributed by atoms with van der Waals surface area (Å²) >= 11 is 0. The van der Waals surface area contributed by atoms with Crippen molar-refractivity contribution in [2.45, 2.75) is 26.3 Å². The second-order valence-electron chi connectivity index (χ2n) is 5.69. The molecule has 2 N–H and O–H groups in total. The number of hydrogen-bond donors (Lipinski definition) is 1. The van der Waals surface area contributed by atoms with Gasteiger partial charge in [0.1, 0.15) is 12.4 Å². The highest BCUT2D eigenvalue weighted by Gasteiger charge is 2.33. The van der Waals surface area contributed by atoms with Crippen molar-refractivity contribution in [3.63, 3.8) is 0 Å². The molecule has 0 aromatic heterocycles. The van der Waals surface area contributed by atoms with Crippen LogP contribution >= 0.6 is 12.4 Å². The second kappa shape index (κ2) is 9.75. The van der Waals surface area contributed by atoms with Crippen LogP contribution in [0.5, 0.6) is 5.75 Å². The maximum absolute atomic E-state index is 12.8. The number of carbonyl (C=O) groups excluding carboxylic acids is 1. The van der Waals surface area contributed by atoms with E-state index in [0.717, 1.165) is 13.0 Å². The van der Waals surface area contributed by atoms with Gasteiger partial charge >= 0.3 is 0 Å². The van der Waals surface area contributed by atoms with Gasteiger partial charge in [-0.2, -0.15) is 0 Å². The highest BCUT2D eigenvalue weighted by molar-refractivity contribution is 5.97. The number of carbonyl (C=O) groups is 1. The fourth-order valence-electron chi connectivity index (χ4n) is 2.87. The molecule has 0 saturated carbocycles. The molecule has 0 radical (unpaired) electrons. The molecule has 1 aliphatic heterocycles. The van der Waals surface area contributed by atoms with Gasteiger partial charge in [-0.1, -0.05) is 12.1 Å². The first-order valence-corrected chi connectivity index (χ1v) is 7.98. The number of benzene rings is 1. The minimum absolute atomic E-state index is 0. The lowest BCUT2D eigenvalue weighted by molar-refractivity contribution is 0.0733. The number of para-hydroxylation sites is 1. The summed E-state index contributed by atoms with van der Waals surface area (Å²) in [5.41, 5.74) is 6.36. The van der Waals surface area contributed by atoms with Crippen LogP contribution in [0, 0.1) is 5.92 Å². The van der Waals surface area contributed by atoms with E-state index in [1.807, 2.05) is 36.1 Å². The Morgan fingerprint density at radius 2 is 2.09 bits per heavy atom. The van der Waals surface area contributed by atoms with Crippen LogP contribution in [-0.2, 0) is 4.74 Å². The second-order valence-corrected chi connectivity index (χ2v) is 5.69. The lowest BCUT2D eigenvalue weighted by Gasteiger charge is -2.23. The fraction of sp³-hybridized carbons (Fsp3) is 0.588. The van der Waals surface area contributed by atoms with Gasteiger partial charge in [-0.3, -0.25) is 4.79 Å². The van der Waals surface area contributed by atoms with E-state index in [-0.39, 0.29) is 24.4 Å². The molecule has 6 heteroatoms. The minimum atomic E-state index is 0. The maximum Gasteiger partial charge on any atom is 0.257 e. The Labute approximate surface area is 144 Å². The molecule has 0 bridgehead atoms. The third-order valence-electron chi connectivity index (χ3n) is 4.06. The molecule has 0 aliphatic carbocycles. The van der Waals surface area contributed by atoms with E-state index in [4.69, 9.17) is 15.2 Å². The van der Waals surface area contributed by atoms with Crippen LogP contribution in [0.2, 0.25) is 0 Å². The van der Waals surface area contributed by atoms with Crippen LogP contribution < -0.4 is 10.5 Å². The van der Waals surface area contributed by atoms with Crippen LogP contribution in [0.25, 0.3) is 0 Å². The monoisotopic (exact) mass is 342 g/mol. The summed E-state index contributed by atoms with van der Waals surface area (Å²) in [6.07, 6.45) is 0.968. The van der Waals surface area contributed by atoms with Gasteiger partial charge in [0, 0.05) is 19.2 Å². The number of amides is 1. The van der Waals surface area contributed by atoms with Gasteiger partial charge in [0.2, 0.25) is 0 Å². The van der Waals surface area contributed by atoms with Gasteiger partial charge in [-0.05, 0) is 44.9 Å². The van der Waals surface area contributed by atoms with Crippen LogP contribution in [-0.4, -0.2) is 49.8 Å². The summed E-state index contributed by atoms with van der Waals surface area (Å²) in [5.74, 6) is 1.04. The lowest BCUT2D eigenvalue weighted by Crippen LogP contribution is -2.34. The summed E-state index contributed by atoms with van der Waals surface area (Å²) < 4.78 is 11.0. The number of halogens is 1. The zero-order chi connectivity index (χ0) is 15.9. The lowest BCUT2D eigenvalue weighted by atomic mass is 10.1. The van der Waals surface area contributed by atoms with E-state index < -0.39 is 0 Å². The summed E-state index contributed by atoms with van der Waals surface area (Å²) in [6, 6.07) is 7.62.